The van der Waals surface area contributed by atoms with Crippen LogP contribution in [0.3, 0.4) is 0 Å². The average Bonchev–Trinajstić information content (AvgIpc) is 2.75. The molecule has 7 heteroatoms. The molecular formula is C16H22N2O4S. The zero-order valence-corrected chi connectivity index (χ0v) is 14.4. The maximum Gasteiger partial charge on any atom is 0.244 e. The first kappa shape index (κ1) is 16.3. The molecule has 1 aromatic carbocycles. The van der Waals surface area contributed by atoms with Gasteiger partial charge in [0.1, 0.15) is 16.7 Å². The molecule has 6 nitrogen and oxygen atoms in total. The van der Waals surface area contributed by atoms with Gasteiger partial charge in [-0.2, -0.15) is 0 Å². The zero-order chi connectivity index (χ0) is 16.8. The molecule has 1 saturated heterocycles. The number of hydrogen-bond donors (Lipinski definition) is 1. The SMILES string of the molecule is CC(C)(C)CC(=O)N1CC2NS(=O)(=O)c3ccccc3OC2C1. The van der Waals surface area contributed by atoms with Gasteiger partial charge < -0.3 is 9.64 Å². The van der Waals surface area contributed by atoms with Crippen LogP contribution in [0.5, 0.6) is 5.75 Å². The molecule has 3 rings (SSSR count). The molecule has 0 bridgehead atoms. The number of nitrogens with zero attached hydrogens (tertiary/aromatic N) is 1. The molecule has 0 aliphatic carbocycles. The highest BCUT2D eigenvalue weighted by molar-refractivity contribution is 7.89. The minimum absolute atomic E-state index is 0.0293. The normalized spacial score (nSPS) is 26.0. The number of para-hydroxylation sites is 1. The van der Waals surface area contributed by atoms with E-state index in [0.29, 0.717) is 25.3 Å². The molecule has 0 aromatic heterocycles. The maximum absolute atomic E-state index is 12.4. The quantitative estimate of drug-likeness (QED) is 0.839. The Hall–Kier alpha value is -1.60. The summed E-state index contributed by atoms with van der Waals surface area (Å²) < 4.78 is 33.5. The van der Waals surface area contributed by atoms with Crippen LogP contribution in [0.15, 0.2) is 29.2 Å². The zero-order valence-electron chi connectivity index (χ0n) is 13.6. The molecule has 1 amide bonds. The lowest BCUT2D eigenvalue weighted by Gasteiger charge is -2.23. The van der Waals surface area contributed by atoms with Crippen LogP contribution in [0.2, 0.25) is 0 Å². The van der Waals surface area contributed by atoms with Gasteiger partial charge in [0.05, 0.1) is 12.6 Å². The fourth-order valence-electron chi connectivity index (χ4n) is 2.97. The number of ether oxygens (including phenoxy) is 1. The number of rotatable bonds is 1. The van der Waals surface area contributed by atoms with Crippen molar-refractivity contribution in [1.82, 2.24) is 9.62 Å². The fraction of sp³-hybridized carbons (Fsp3) is 0.562. The van der Waals surface area contributed by atoms with Gasteiger partial charge in [0.15, 0.2) is 0 Å². The van der Waals surface area contributed by atoms with Crippen LogP contribution < -0.4 is 9.46 Å². The van der Waals surface area contributed by atoms with Crippen LogP contribution in [0.25, 0.3) is 0 Å². The number of likely N-dealkylation sites (tertiary alicyclic amines) is 1. The van der Waals surface area contributed by atoms with Crippen LogP contribution in [0.4, 0.5) is 0 Å². The number of nitrogens with one attached hydrogen (secondary N) is 1. The van der Waals surface area contributed by atoms with Crippen molar-refractivity contribution in [3.8, 4) is 5.75 Å². The Balaban J connectivity index is 1.82. The van der Waals surface area contributed by atoms with Crippen molar-refractivity contribution in [2.75, 3.05) is 13.1 Å². The van der Waals surface area contributed by atoms with E-state index < -0.39 is 16.1 Å². The summed E-state index contributed by atoms with van der Waals surface area (Å²) in [5, 5.41) is 0. The summed E-state index contributed by atoms with van der Waals surface area (Å²) >= 11 is 0. The van der Waals surface area contributed by atoms with Gasteiger partial charge in [0.25, 0.3) is 0 Å². The first-order valence-corrected chi connectivity index (χ1v) is 9.20. The van der Waals surface area contributed by atoms with E-state index in [4.69, 9.17) is 4.74 Å². The van der Waals surface area contributed by atoms with Gasteiger partial charge in [-0.1, -0.05) is 32.9 Å². The van der Waals surface area contributed by atoms with Gasteiger partial charge >= 0.3 is 0 Å². The summed E-state index contributed by atoms with van der Waals surface area (Å²) in [5.41, 5.74) is -0.102. The van der Waals surface area contributed by atoms with E-state index in [1.165, 1.54) is 6.07 Å². The van der Waals surface area contributed by atoms with Gasteiger partial charge in [0, 0.05) is 13.0 Å². The molecule has 2 aliphatic rings. The summed E-state index contributed by atoms with van der Waals surface area (Å²) in [6, 6.07) is 6.17. The maximum atomic E-state index is 12.4. The van der Waals surface area contributed by atoms with Gasteiger partial charge in [-0.05, 0) is 17.5 Å². The smallest absolute Gasteiger partial charge is 0.244 e. The van der Waals surface area contributed by atoms with E-state index in [1.54, 1.807) is 23.1 Å². The van der Waals surface area contributed by atoms with Gasteiger partial charge in [-0.25, -0.2) is 13.1 Å². The van der Waals surface area contributed by atoms with Crippen molar-refractivity contribution < 1.29 is 17.9 Å². The fourth-order valence-corrected chi connectivity index (χ4v) is 4.36. The van der Waals surface area contributed by atoms with E-state index in [0.717, 1.165) is 0 Å². The lowest BCUT2D eigenvalue weighted by Crippen LogP contribution is -2.42. The number of sulfonamides is 1. The molecule has 0 radical (unpaired) electrons. The molecule has 0 saturated carbocycles. The first-order valence-electron chi connectivity index (χ1n) is 7.71. The van der Waals surface area contributed by atoms with E-state index in [-0.39, 0.29) is 22.3 Å². The summed E-state index contributed by atoms with van der Waals surface area (Å²) in [4.78, 5) is 14.2. The predicted octanol–water partition coefficient (Wildman–Crippen LogP) is 1.37. The number of amides is 1. The summed E-state index contributed by atoms with van der Waals surface area (Å²) in [5.74, 6) is 0.374. The Morgan fingerprint density at radius 2 is 2.00 bits per heavy atom. The number of fused-ring (bicyclic) bond motifs is 2. The molecule has 0 spiro atoms. The Kier molecular flexibility index (Phi) is 3.88. The molecule has 23 heavy (non-hydrogen) atoms. The van der Waals surface area contributed by atoms with Gasteiger partial charge in [0.2, 0.25) is 15.9 Å². The van der Waals surface area contributed by atoms with Gasteiger partial charge in [-0.15, -0.1) is 0 Å². The number of carbonyl (C=O) groups excluding carboxylic acids is 1. The minimum Gasteiger partial charge on any atom is -0.485 e. The summed E-state index contributed by atoms with van der Waals surface area (Å²) in [6.45, 7) is 6.76. The highest BCUT2D eigenvalue weighted by Gasteiger charge is 2.42. The number of hydrogen-bond acceptors (Lipinski definition) is 4. The standard InChI is InChI=1S/C16H22N2O4S/c1-16(2,3)8-15(19)18-9-11-13(10-18)22-12-6-4-5-7-14(12)23(20,21)17-11/h4-7,11,13,17H,8-10H2,1-3H3. The molecular weight excluding hydrogens is 316 g/mol. The third-order valence-corrected chi connectivity index (χ3v) is 5.55. The second-order valence-electron chi connectivity index (χ2n) is 7.37. The number of benzene rings is 1. The van der Waals surface area contributed by atoms with E-state index in [9.17, 15) is 13.2 Å². The molecule has 2 aliphatic heterocycles. The van der Waals surface area contributed by atoms with Gasteiger partial charge in [-0.3, -0.25) is 4.79 Å². The molecule has 1 fully saturated rings. The van der Waals surface area contributed by atoms with Crippen LogP contribution in [-0.4, -0.2) is 44.5 Å². The van der Waals surface area contributed by atoms with Crippen molar-refractivity contribution in [3.05, 3.63) is 24.3 Å². The lowest BCUT2D eigenvalue weighted by atomic mass is 9.92. The van der Waals surface area contributed by atoms with Crippen molar-refractivity contribution in [3.63, 3.8) is 0 Å². The second kappa shape index (κ2) is 5.49. The molecule has 2 unspecified atom stereocenters. The van der Waals surface area contributed by atoms with Crippen LogP contribution in [0.1, 0.15) is 27.2 Å². The Labute approximate surface area is 136 Å². The van der Waals surface area contributed by atoms with E-state index in [1.807, 2.05) is 20.8 Å². The van der Waals surface area contributed by atoms with Crippen LogP contribution in [-0.2, 0) is 14.8 Å². The minimum atomic E-state index is -3.63. The third kappa shape index (κ3) is 3.35. The van der Waals surface area contributed by atoms with Crippen LogP contribution >= 0.6 is 0 Å². The topological polar surface area (TPSA) is 75.7 Å². The Bertz CT molecular complexity index is 724. The summed E-state index contributed by atoms with van der Waals surface area (Å²) in [6.07, 6.45) is 0.0628. The van der Waals surface area contributed by atoms with Crippen molar-refractivity contribution in [2.24, 2.45) is 5.41 Å². The third-order valence-electron chi connectivity index (χ3n) is 4.02. The number of carbonyl (C=O) groups is 1. The van der Waals surface area contributed by atoms with E-state index in [2.05, 4.69) is 4.72 Å². The molecule has 126 valence electrons. The molecule has 1 aromatic rings. The highest BCUT2D eigenvalue weighted by Crippen LogP contribution is 2.31. The van der Waals surface area contributed by atoms with Crippen molar-refractivity contribution >= 4 is 15.9 Å². The van der Waals surface area contributed by atoms with Crippen molar-refractivity contribution in [2.45, 2.75) is 44.2 Å². The Morgan fingerprint density at radius 1 is 1.30 bits per heavy atom. The van der Waals surface area contributed by atoms with E-state index >= 15 is 0 Å². The second-order valence-corrected chi connectivity index (χ2v) is 9.05. The first-order chi connectivity index (χ1) is 10.7. The largest absolute Gasteiger partial charge is 0.485 e. The Morgan fingerprint density at radius 3 is 2.70 bits per heavy atom. The van der Waals surface area contributed by atoms with Crippen molar-refractivity contribution in [1.29, 1.82) is 0 Å². The molecule has 1 N–H and O–H groups in total. The monoisotopic (exact) mass is 338 g/mol. The average molecular weight is 338 g/mol. The molecule has 2 atom stereocenters. The predicted molar refractivity (Wildman–Crippen MR) is 85.6 cm³/mol. The summed E-state index contributed by atoms with van der Waals surface area (Å²) in [7, 11) is -3.63. The molecule has 2 heterocycles. The van der Waals surface area contributed by atoms with Crippen LogP contribution in [0, 0.1) is 5.41 Å². The highest BCUT2D eigenvalue weighted by atomic mass is 32.2. The lowest BCUT2D eigenvalue weighted by molar-refractivity contribution is -0.132.